The minimum absolute atomic E-state index is 0.302. The number of carbonyl (C=O) groups excluding carboxylic acids is 1. The Bertz CT molecular complexity index is 435. The number of aromatic nitrogens is 2. The van der Waals surface area contributed by atoms with E-state index in [1.54, 1.807) is 6.20 Å². The van der Waals surface area contributed by atoms with Gasteiger partial charge in [-0.3, -0.25) is 4.68 Å². The Balaban J connectivity index is 2.53. The number of carbonyl (C=O) groups is 1. The largest absolute Gasteiger partial charge is 0.444 e. The smallest absolute Gasteiger partial charge is 0.407 e. The molecule has 0 bridgehead atoms. The molecule has 0 radical (unpaired) electrons. The van der Waals surface area contributed by atoms with Gasteiger partial charge in [-0.1, -0.05) is 13.8 Å². The fourth-order valence-electron chi connectivity index (χ4n) is 1.77. The van der Waals surface area contributed by atoms with E-state index in [9.17, 15) is 4.79 Å². The third kappa shape index (κ3) is 5.61. The summed E-state index contributed by atoms with van der Waals surface area (Å²) in [5, 5.41) is 6.94. The van der Waals surface area contributed by atoms with Gasteiger partial charge in [-0.15, -0.1) is 0 Å². The van der Waals surface area contributed by atoms with E-state index < -0.39 is 11.7 Å². The molecule has 3 N–H and O–H groups in total. The Morgan fingerprint density at radius 2 is 2.15 bits per heavy atom. The predicted octanol–water partition coefficient (Wildman–Crippen LogP) is 2.06. The van der Waals surface area contributed by atoms with E-state index >= 15 is 0 Å². The topological polar surface area (TPSA) is 82.2 Å². The summed E-state index contributed by atoms with van der Waals surface area (Å²) in [5.74, 6) is 0.486. The van der Waals surface area contributed by atoms with Crippen LogP contribution in [0.1, 0.15) is 46.4 Å². The standard InChI is InChI=1S/C14H26N4O2/c1-10(2)9-18-12(6-7-17-18)11(15)8-16-13(19)20-14(3,4)5/h6-7,10-11H,8-9,15H2,1-5H3,(H,16,19). The van der Waals surface area contributed by atoms with Crippen molar-refractivity contribution in [3.63, 3.8) is 0 Å². The van der Waals surface area contributed by atoms with E-state index in [2.05, 4.69) is 24.3 Å². The van der Waals surface area contributed by atoms with E-state index in [1.165, 1.54) is 0 Å². The SMILES string of the molecule is CC(C)Cn1nccc1C(N)CNC(=O)OC(C)(C)C. The first-order valence-corrected chi connectivity index (χ1v) is 6.93. The van der Waals surface area contributed by atoms with Crippen LogP contribution in [0.25, 0.3) is 0 Å². The lowest BCUT2D eigenvalue weighted by atomic mass is 10.2. The summed E-state index contributed by atoms with van der Waals surface area (Å²) in [6, 6.07) is 1.58. The number of hydrogen-bond donors (Lipinski definition) is 2. The van der Waals surface area contributed by atoms with E-state index in [0.29, 0.717) is 12.5 Å². The highest BCUT2D eigenvalue weighted by Gasteiger charge is 2.18. The van der Waals surface area contributed by atoms with E-state index in [1.807, 2.05) is 31.5 Å². The molecule has 0 aliphatic carbocycles. The lowest BCUT2D eigenvalue weighted by molar-refractivity contribution is 0.0524. The van der Waals surface area contributed by atoms with E-state index in [4.69, 9.17) is 10.5 Å². The summed E-state index contributed by atoms with van der Waals surface area (Å²) in [4.78, 5) is 11.6. The summed E-state index contributed by atoms with van der Waals surface area (Å²) in [6.07, 6.45) is 1.27. The zero-order valence-corrected chi connectivity index (χ0v) is 13.0. The van der Waals surface area contributed by atoms with Crippen LogP contribution in [0.4, 0.5) is 4.79 Å². The Morgan fingerprint density at radius 1 is 1.50 bits per heavy atom. The van der Waals surface area contributed by atoms with Crippen molar-refractivity contribution in [3.05, 3.63) is 18.0 Å². The second-order valence-corrected chi connectivity index (χ2v) is 6.32. The highest BCUT2D eigenvalue weighted by Crippen LogP contribution is 2.12. The number of alkyl carbamates (subject to hydrolysis) is 1. The first-order chi connectivity index (χ1) is 9.19. The van der Waals surface area contributed by atoms with Crippen molar-refractivity contribution in [2.24, 2.45) is 11.7 Å². The maximum Gasteiger partial charge on any atom is 0.407 e. The average Bonchev–Trinajstić information content (AvgIpc) is 2.70. The molecule has 1 unspecified atom stereocenters. The monoisotopic (exact) mass is 282 g/mol. The molecule has 1 amide bonds. The van der Waals surface area contributed by atoms with Crippen LogP contribution in [-0.2, 0) is 11.3 Å². The van der Waals surface area contributed by atoms with Crippen molar-refractivity contribution in [3.8, 4) is 0 Å². The van der Waals surface area contributed by atoms with Gasteiger partial charge in [0.05, 0.1) is 11.7 Å². The fraction of sp³-hybridized carbons (Fsp3) is 0.714. The predicted molar refractivity (Wildman–Crippen MR) is 78.2 cm³/mol. The number of amides is 1. The van der Waals surface area contributed by atoms with Crippen molar-refractivity contribution < 1.29 is 9.53 Å². The molecule has 1 heterocycles. The van der Waals surface area contributed by atoms with Gasteiger partial charge in [0.25, 0.3) is 0 Å². The molecule has 0 saturated heterocycles. The van der Waals surface area contributed by atoms with Gasteiger partial charge < -0.3 is 15.8 Å². The lowest BCUT2D eigenvalue weighted by Crippen LogP contribution is -2.37. The molecule has 1 rings (SSSR count). The minimum atomic E-state index is -0.506. The van der Waals surface area contributed by atoms with Crippen LogP contribution in [0.2, 0.25) is 0 Å². The van der Waals surface area contributed by atoms with Crippen LogP contribution in [0.5, 0.6) is 0 Å². The molecule has 0 aliphatic heterocycles. The van der Waals surface area contributed by atoms with Gasteiger partial charge in [-0.05, 0) is 32.8 Å². The third-order valence-corrected chi connectivity index (χ3v) is 2.53. The minimum Gasteiger partial charge on any atom is -0.444 e. The Labute approximate surface area is 120 Å². The number of ether oxygens (including phenoxy) is 1. The van der Waals surface area contributed by atoms with Crippen LogP contribution in [-0.4, -0.2) is 28.0 Å². The van der Waals surface area contributed by atoms with Crippen LogP contribution in [0, 0.1) is 5.92 Å². The quantitative estimate of drug-likeness (QED) is 0.866. The number of hydrogen-bond acceptors (Lipinski definition) is 4. The summed E-state index contributed by atoms with van der Waals surface area (Å²) in [5.41, 5.74) is 6.50. The zero-order valence-electron chi connectivity index (χ0n) is 13.0. The van der Waals surface area contributed by atoms with Crippen molar-refractivity contribution in [1.82, 2.24) is 15.1 Å². The third-order valence-electron chi connectivity index (χ3n) is 2.53. The first-order valence-electron chi connectivity index (χ1n) is 6.93. The molecule has 6 heteroatoms. The summed E-state index contributed by atoms with van der Waals surface area (Å²) in [7, 11) is 0. The van der Waals surface area contributed by atoms with Gasteiger partial charge >= 0.3 is 6.09 Å². The number of nitrogens with two attached hydrogens (primary N) is 1. The normalized spacial score (nSPS) is 13.3. The molecular weight excluding hydrogens is 256 g/mol. The van der Waals surface area contributed by atoms with Gasteiger partial charge in [-0.25, -0.2) is 4.79 Å². The molecule has 20 heavy (non-hydrogen) atoms. The lowest BCUT2D eigenvalue weighted by Gasteiger charge is -2.21. The molecular formula is C14H26N4O2. The fourth-order valence-corrected chi connectivity index (χ4v) is 1.77. The Hall–Kier alpha value is -1.56. The molecule has 1 aromatic heterocycles. The maximum atomic E-state index is 11.6. The summed E-state index contributed by atoms with van der Waals surface area (Å²) in [6.45, 7) is 10.8. The van der Waals surface area contributed by atoms with E-state index in [-0.39, 0.29) is 6.04 Å². The van der Waals surface area contributed by atoms with Crippen LogP contribution in [0.3, 0.4) is 0 Å². The van der Waals surface area contributed by atoms with Gasteiger partial charge in [-0.2, -0.15) is 5.10 Å². The second kappa shape index (κ2) is 6.74. The molecule has 114 valence electrons. The Morgan fingerprint density at radius 3 is 2.70 bits per heavy atom. The van der Waals surface area contributed by atoms with Crippen molar-refractivity contribution >= 4 is 6.09 Å². The molecule has 0 spiro atoms. The Kier molecular flexibility index (Phi) is 5.56. The summed E-state index contributed by atoms with van der Waals surface area (Å²) < 4.78 is 7.05. The van der Waals surface area contributed by atoms with Gasteiger partial charge in [0.15, 0.2) is 0 Å². The second-order valence-electron chi connectivity index (χ2n) is 6.32. The molecule has 1 atom stereocenters. The zero-order chi connectivity index (χ0) is 15.3. The van der Waals surface area contributed by atoms with E-state index in [0.717, 1.165) is 12.2 Å². The van der Waals surface area contributed by atoms with Gasteiger partial charge in [0, 0.05) is 19.3 Å². The molecule has 0 saturated carbocycles. The molecule has 1 aromatic rings. The van der Waals surface area contributed by atoms with Crippen LogP contribution >= 0.6 is 0 Å². The molecule has 0 aliphatic rings. The first kappa shape index (κ1) is 16.5. The number of nitrogens with zero attached hydrogens (tertiary/aromatic N) is 2. The van der Waals surface area contributed by atoms with Crippen molar-refractivity contribution in [2.75, 3.05) is 6.54 Å². The molecule has 0 aromatic carbocycles. The highest BCUT2D eigenvalue weighted by atomic mass is 16.6. The molecule has 0 fully saturated rings. The maximum absolute atomic E-state index is 11.6. The van der Waals surface area contributed by atoms with Crippen molar-refractivity contribution in [2.45, 2.75) is 52.8 Å². The number of rotatable bonds is 5. The van der Waals surface area contributed by atoms with Crippen LogP contribution in [0.15, 0.2) is 12.3 Å². The van der Waals surface area contributed by atoms with Gasteiger partial charge in [0.2, 0.25) is 0 Å². The van der Waals surface area contributed by atoms with Crippen molar-refractivity contribution in [1.29, 1.82) is 0 Å². The van der Waals surface area contributed by atoms with Crippen LogP contribution < -0.4 is 11.1 Å². The van der Waals surface area contributed by atoms with Gasteiger partial charge in [0.1, 0.15) is 5.60 Å². The highest BCUT2D eigenvalue weighted by molar-refractivity contribution is 5.67. The summed E-state index contributed by atoms with van der Waals surface area (Å²) >= 11 is 0. The number of nitrogens with one attached hydrogen (secondary N) is 1. The molecule has 6 nitrogen and oxygen atoms in total. The average molecular weight is 282 g/mol.